The molecule has 2 N–H and O–H groups in total. The summed E-state index contributed by atoms with van der Waals surface area (Å²) in [5.41, 5.74) is 3.06. The number of rotatable bonds is 6. The number of anilines is 1. The fourth-order valence-corrected chi connectivity index (χ4v) is 3.16. The van der Waals surface area contributed by atoms with E-state index in [1.807, 2.05) is 36.6 Å². The fourth-order valence-electron chi connectivity index (χ4n) is 2.54. The van der Waals surface area contributed by atoms with Crippen molar-refractivity contribution >= 4 is 22.9 Å². The molecular weight excluding hydrogens is 338 g/mol. The number of hydrogen-bond donors (Lipinski definition) is 2. The maximum Gasteiger partial charge on any atom is 0.265 e. The molecule has 0 saturated heterocycles. The molecule has 0 radical (unpaired) electrons. The number of aryl methyl sites for hydroxylation is 1. The summed E-state index contributed by atoms with van der Waals surface area (Å²) in [5, 5.41) is 12.3. The molecule has 1 aromatic carbocycles. The van der Waals surface area contributed by atoms with Crippen molar-refractivity contribution in [2.24, 2.45) is 0 Å². The summed E-state index contributed by atoms with van der Waals surface area (Å²) in [5.74, 6) is 1.10. The van der Waals surface area contributed by atoms with Crippen LogP contribution in [0, 0.1) is 0 Å². The fraction of sp³-hybridized carbons (Fsp3) is 0.222. The molecule has 0 saturated carbocycles. The highest BCUT2D eigenvalue weighted by Gasteiger charge is 2.19. The predicted molar refractivity (Wildman–Crippen MR) is 98.8 cm³/mol. The molecule has 0 aliphatic rings. The van der Waals surface area contributed by atoms with Gasteiger partial charge in [0.05, 0.1) is 30.5 Å². The number of aromatic amines is 1. The summed E-state index contributed by atoms with van der Waals surface area (Å²) in [6, 6.07) is 9.19. The van der Waals surface area contributed by atoms with Crippen LogP contribution in [0.3, 0.4) is 0 Å². The Morgan fingerprint density at radius 3 is 2.68 bits per heavy atom. The average Bonchev–Trinajstić information content (AvgIpc) is 3.31. The first-order valence-electron chi connectivity index (χ1n) is 7.82. The van der Waals surface area contributed by atoms with E-state index in [9.17, 15) is 4.79 Å². The van der Waals surface area contributed by atoms with Crippen molar-refractivity contribution in [1.29, 1.82) is 0 Å². The molecule has 6 nitrogen and oxygen atoms in total. The Bertz CT molecular complexity index is 872. The number of ether oxygens (including phenoxy) is 2. The number of hydrogen-bond acceptors (Lipinski definition) is 5. The smallest absolute Gasteiger partial charge is 0.265 e. The van der Waals surface area contributed by atoms with Crippen molar-refractivity contribution in [1.82, 2.24) is 10.2 Å². The Balaban J connectivity index is 2.00. The number of nitrogens with one attached hydrogen (secondary N) is 2. The van der Waals surface area contributed by atoms with E-state index in [1.54, 1.807) is 20.3 Å². The molecule has 130 valence electrons. The largest absolute Gasteiger partial charge is 0.493 e. The SMILES string of the molecule is CCc1[nH]nc(-c2ccc(OC)c(OC)c2)c1NC(=O)c1cccs1. The number of carbonyl (C=O) groups excluding carboxylic acids is 1. The first-order chi connectivity index (χ1) is 12.2. The van der Waals surface area contributed by atoms with E-state index in [0.717, 1.165) is 17.7 Å². The van der Waals surface area contributed by atoms with Crippen molar-refractivity contribution in [2.75, 3.05) is 19.5 Å². The van der Waals surface area contributed by atoms with Crippen molar-refractivity contribution in [2.45, 2.75) is 13.3 Å². The number of aromatic nitrogens is 2. The Kier molecular flexibility index (Phi) is 5.04. The molecule has 25 heavy (non-hydrogen) atoms. The number of carbonyl (C=O) groups is 1. The van der Waals surface area contributed by atoms with E-state index in [0.29, 0.717) is 27.8 Å². The van der Waals surface area contributed by atoms with Crippen LogP contribution in [-0.4, -0.2) is 30.3 Å². The lowest BCUT2D eigenvalue weighted by Gasteiger charge is -2.10. The zero-order chi connectivity index (χ0) is 17.8. The topological polar surface area (TPSA) is 76.2 Å². The van der Waals surface area contributed by atoms with Gasteiger partial charge in [0.15, 0.2) is 11.5 Å². The third-order valence-electron chi connectivity index (χ3n) is 3.84. The van der Waals surface area contributed by atoms with Crippen molar-refractivity contribution in [3.05, 3.63) is 46.3 Å². The lowest BCUT2D eigenvalue weighted by molar-refractivity contribution is 0.103. The number of H-pyrrole nitrogens is 1. The highest BCUT2D eigenvalue weighted by atomic mass is 32.1. The average molecular weight is 357 g/mol. The van der Waals surface area contributed by atoms with Gasteiger partial charge in [-0.05, 0) is 36.1 Å². The summed E-state index contributed by atoms with van der Waals surface area (Å²) in [7, 11) is 3.18. The number of benzene rings is 1. The monoisotopic (exact) mass is 357 g/mol. The summed E-state index contributed by atoms with van der Waals surface area (Å²) < 4.78 is 10.6. The van der Waals surface area contributed by atoms with Gasteiger partial charge in [0, 0.05) is 5.56 Å². The number of thiophene rings is 1. The van der Waals surface area contributed by atoms with E-state index in [1.165, 1.54) is 11.3 Å². The van der Waals surface area contributed by atoms with Gasteiger partial charge in [-0.1, -0.05) is 13.0 Å². The van der Waals surface area contributed by atoms with E-state index < -0.39 is 0 Å². The van der Waals surface area contributed by atoms with Gasteiger partial charge in [-0.25, -0.2) is 0 Å². The van der Waals surface area contributed by atoms with Crippen LogP contribution in [0.15, 0.2) is 35.7 Å². The Morgan fingerprint density at radius 1 is 1.24 bits per heavy atom. The van der Waals surface area contributed by atoms with E-state index in [2.05, 4.69) is 15.5 Å². The molecular formula is C18H19N3O3S. The summed E-state index contributed by atoms with van der Waals surface area (Å²) in [6.07, 6.45) is 0.723. The molecule has 0 spiro atoms. The quantitative estimate of drug-likeness (QED) is 0.700. The van der Waals surface area contributed by atoms with Crippen LogP contribution in [0.25, 0.3) is 11.3 Å². The van der Waals surface area contributed by atoms with Crippen LogP contribution >= 0.6 is 11.3 Å². The van der Waals surface area contributed by atoms with Gasteiger partial charge in [0.2, 0.25) is 0 Å². The molecule has 3 aromatic rings. The van der Waals surface area contributed by atoms with E-state index in [-0.39, 0.29) is 5.91 Å². The molecule has 3 rings (SSSR count). The minimum atomic E-state index is -0.146. The second kappa shape index (κ2) is 7.40. The molecule has 0 fully saturated rings. The zero-order valence-corrected chi connectivity index (χ0v) is 15.1. The second-order valence-electron chi connectivity index (χ2n) is 5.28. The van der Waals surface area contributed by atoms with Gasteiger partial charge in [-0.3, -0.25) is 9.89 Å². The van der Waals surface area contributed by atoms with Crippen LogP contribution in [0.4, 0.5) is 5.69 Å². The summed E-state index contributed by atoms with van der Waals surface area (Å²) >= 11 is 1.40. The molecule has 7 heteroatoms. The third kappa shape index (κ3) is 3.36. The molecule has 2 heterocycles. The van der Waals surface area contributed by atoms with Crippen LogP contribution < -0.4 is 14.8 Å². The van der Waals surface area contributed by atoms with Crippen LogP contribution in [-0.2, 0) is 6.42 Å². The van der Waals surface area contributed by atoms with Gasteiger partial charge in [0.1, 0.15) is 5.69 Å². The van der Waals surface area contributed by atoms with E-state index in [4.69, 9.17) is 9.47 Å². The Labute approximate surface area is 149 Å². The van der Waals surface area contributed by atoms with Gasteiger partial charge >= 0.3 is 0 Å². The molecule has 1 amide bonds. The lowest BCUT2D eigenvalue weighted by Crippen LogP contribution is -2.11. The highest BCUT2D eigenvalue weighted by molar-refractivity contribution is 7.12. The molecule has 0 atom stereocenters. The molecule has 0 unspecified atom stereocenters. The Hall–Kier alpha value is -2.80. The first kappa shape index (κ1) is 17.0. The number of amides is 1. The highest BCUT2D eigenvalue weighted by Crippen LogP contribution is 2.36. The minimum absolute atomic E-state index is 0.146. The van der Waals surface area contributed by atoms with E-state index >= 15 is 0 Å². The predicted octanol–water partition coefficient (Wildman–Crippen LogP) is 3.97. The zero-order valence-electron chi connectivity index (χ0n) is 14.3. The van der Waals surface area contributed by atoms with Crippen molar-refractivity contribution in [3.63, 3.8) is 0 Å². The van der Waals surface area contributed by atoms with Crippen molar-refractivity contribution < 1.29 is 14.3 Å². The van der Waals surface area contributed by atoms with Crippen LogP contribution in [0.2, 0.25) is 0 Å². The molecule has 0 bridgehead atoms. The molecule has 0 aliphatic carbocycles. The first-order valence-corrected chi connectivity index (χ1v) is 8.70. The minimum Gasteiger partial charge on any atom is -0.493 e. The van der Waals surface area contributed by atoms with Crippen molar-refractivity contribution in [3.8, 4) is 22.8 Å². The number of nitrogens with zero attached hydrogens (tertiary/aromatic N) is 1. The van der Waals surface area contributed by atoms with Gasteiger partial charge < -0.3 is 14.8 Å². The standard InChI is InChI=1S/C18H19N3O3S/c1-4-12-17(19-18(22)15-6-5-9-25-15)16(21-20-12)11-7-8-13(23-2)14(10-11)24-3/h5-10H,4H2,1-3H3,(H,19,22)(H,20,21). The summed E-state index contributed by atoms with van der Waals surface area (Å²) in [6.45, 7) is 2.01. The third-order valence-corrected chi connectivity index (χ3v) is 4.70. The summed E-state index contributed by atoms with van der Waals surface area (Å²) in [4.78, 5) is 13.1. The Morgan fingerprint density at radius 2 is 2.04 bits per heavy atom. The van der Waals surface area contributed by atoms with Gasteiger partial charge in [0.25, 0.3) is 5.91 Å². The number of methoxy groups -OCH3 is 2. The van der Waals surface area contributed by atoms with Crippen LogP contribution in [0.1, 0.15) is 22.3 Å². The maximum absolute atomic E-state index is 12.5. The molecule has 2 aromatic heterocycles. The van der Waals surface area contributed by atoms with Crippen LogP contribution in [0.5, 0.6) is 11.5 Å². The lowest BCUT2D eigenvalue weighted by atomic mass is 10.1. The maximum atomic E-state index is 12.5. The normalized spacial score (nSPS) is 10.5. The van der Waals surface area contributed by atoms with Gasteiger partial charge in [-0.2, -0.15) is 5.10 Å². The second-order valence-corrected chi connectivity index (χ2v) is 6.23. The molecule has 0 aliphatic heterocycles. The van der Waals surface area contributed by atoms with Gasteiger partial charge in [-0.15, -0.1) is 11.3 Å².